The molecule has 0 fully saturated rings. The Bertz CT molecular complexity index is 827. The third-order valence-corrected chi connectivity index (χ3v) is 3.59. The molecule has 0 aromatic heterocycles. The van der Waals surface area contributed by atoms with Gasteiger partial charge in [-0.15, -0.1) is 0 Å². The number of allylic oxidation sites excluding steroid dienone is 1. The van der Waals surface area contributed by atoms with Gasteiger partial charge in [0.15, 0.2) is 5.78 Å². The molecule has 2 aromatic carbocycles. The first kappa shape index (κ1) is 19.4. The van der Waals surface area contributed by atoms with Crippen molar-refractivity contribution >= 4 is 18.0 Å². The number of Topliss-reactive ketones (excluding diaryl/α,β-unsaturated/α-hetero) is 1. The van der Waals surface area contributed by atoms with Crippen LogP contribution in [0.2, 0.25) is 0 Å². The molecule has 0 aliphatic carbocycles. The quantitative estimate of drug-likeness (QED) is 0.778. The molecule has 2 rings (SSSR count). The summed E-state index contributed by atoms with van der Waals surface area (Å²) in [4.78, 5) is 23.7. The minimum absolute atomic E-state index is 0.197. The molecular weight excluding hydrogens is 326 g/mol. The Balaban J connectivity index is 2.19. The maximum Gasteiger partial charge on any atom is 0.412 e. The minimum Gasteiger partial charge on any atom is -0.444 e. The highest BCUT2D eigenvalue weighted by molar-refractivity contribution is 6.00. The minimum atomic E-state index is -0.643. The molecule has 0 bridgehead atoms. The van der Waals surface area contributed by atoms with Gasteiger partial charge in [-0.2, -0.15) is 0 Å². The number of carbonyl (C=O) groups excluding carboxylic acids is 2. The summed E-state index contributed by atoms with van der Waals surface area (Å²) in [6.07, 6.45) is 1.00. The van der Waals surface area contributed by atoms with E-state index >= 15 is 0 Å². The summed E-state index contributed by atoms with van der Waals surface area (Å²) in [7, 11) is 0. The van der Waals surface area contributed by atoms with Gasteiger partial charge in [0.25, 0.3) is 0 Å². The number of hydrogen-bond acceptors (Lipinski definition) is 3. The van der Waals surface area contributed by atoms with Gasteiger partial charge < -0.3 is 4.74 Å². The average Bonchev–Trinajstić information content (AvgIpc) is 2.53. The lowest BCUT2D eigenvalue weighted by Gasteiger charge is -2.20. The molecule has 0 atom stereocenters. The number of benzene rings is 2. The van der Waals surface area contributed by atoms with Crippen LogP contribution in [0.15, 0.2) is 54.2 Å². The van der Waals surface area contributed by atoms with Crippen LogP contribution < -0.4 is 5.32 Å². The molecule has 2 aromatic rings. The monoisotopic (exact) mass is 351 g/mol. The van der Waals surface area contributed by atoms with Gasteiger partial charge in [-0.05, 0) is 50.5 Å². The molecule has 0 radical (unpaired) electrons. The number of aryl methyl sites for hydroxylation is 1. The van der Waals surface area contributed by atoms with Gasteiger partial charge in [0.1, 0.15) is 5.60 Å². The van der Waals surface area contributed by atoms with Gasteiger partial charge >= 0.3 is 6.09 Å². The highest BCUT2D eigenvalue weighted by Crippen LogP contribution is 2.21. The van der Waals surface area contributed by atoms with Crippen LogP contribution >= 0.6 is 0 Å². The van der Waals surface area contributed by atoms with Crippen LogP contribution in [0.25, 0.3) is 17.2 Å². The zero-order valence-electron chi connectivity index (χ0n) is 15.9. The van der Waals surface area contributed by atoms with Crippen LogP contribution in [0.4, 0.5) is 4.79 Å². The molecule has 0 unspecified atom stereocenters. The van der Waals surface area contributed by atoms with E-state index in [9.17, 15) is 9.59 Å². The Morgan fingerprint density at radius 1 is 1.00 bits per heavy atom. The first-order chi connectivity index (χ1) is 12.1. The Kier molecular flexibility index (Phi) is 5.98. The second-order valence-electron chi connectivity index (χ2n) is 7.23. The van der Waals surface area contributed by atoms with Gasteiger partial charge in [-0.1, -0.05) is 54.1 Å². The molecule has 0 aliphatic heterocycles. The SMILES string of the molecule is CC(=O)/C(=C\c1ccc(-c2cccc(C)c2)cc1)NC(=O)OC(C)(C)C. The van der Waals surface area contributed by atoms with Crippen molar-refractivity contribution in [2.75, 3.05) is 0 Å². The van der Waals surface area contributed by atoms with Crippen molar-refractivity contribution in [3.05, 3.63) is 65.4 Å². The fourth-order valence-electron chi connectivity index (χ4n) is 2.40. The molecule has 0 spiro atoms. The third kappa shape index (κ3) is 5.88. The number of hydrogen-bond donors (Lipinski definition) is 1. The van der Waals surface area contributed by atoms with Crippen LogP contribution in [0.3, 0.4) is 0 Å². The Labute approximate surface area is 154 Å². The first-order valence-corrected chi connectivity index (χ1v) is 8.54. The third-order valence-electron chi connectivity index (χ3n) is 3.59. The van der Waals surface area contributed by atoms with E-state index < -0.39 is 11.7 Å². The molecule has 0 saturated carbocycles. The molecule has 0 saturated heterocycles. The van der Waals surface area contributed by atoms with Crippen molar-refractivity contribution in [1.82, 2.24) is 5.32 Å². The maximum atomic E-state index is 11.9. The van der Waals surface area contributed by atoms with E-state index in [4.69, 9.17) is 4.74 Å². The number of amides is 1. The lowest BCUT2D eigenvalue weighted by atomic mass is 10.0. The highest BCUT2D eigenvalue weighted by Gasteiger charge is 2.18. The summed E-state index contributed by atoms with van der Waals surface area (Å²) in [5, 5.41) is 2.53. The van der Waals surface area contributed by atoms with E-state index in [2.05, 4.69) is 30.4 Å². The maximum absolute atomic E-state index is 11.9. The first-order valence-electron chi connectivity index (χ1n) is 8.54. The summed E-state index contributed by atoms with van der Waals surface area (Å²) in [5.74, 6) is -0.237. The summed E-state index contributed by atoms with van der Waals surface area (Å²) in [6.45, 7) is 8.78. The summed E-state index contributed by atoms with van der Waals surface area (Å²) in [6, 6.07) is 16.1. The number of ketones is 1. The normalized spacial score (nSPS) is 11.8. The molecule has 26 heavy (non-hydrogen) atoms. The number of nitrogens with one attached hydrogen (secondary N) is 1. The molecular formula is C22H25NO3. The van der Waals surface area contributed by atoms with Crippen molar-refractivity contribution in [1.29, 1.82) is 0 Å². The standard InChI is InChI=1S/C22H25NO3/c1-15-7-6-8-19(13-15)18-11-9-17(10-12-18)14-20(16(2)24)23-21(25)26-22(3,4)5/h6-14H,1-5H3,(H,23,25)/b20-14+. The summed E-state index contributed by atoms with van der Waals surface area (Å²) >= 11 is 0. The Morgan fingerprint density at radius 2 is 1.65 bits per heavy atom. The fourth-order valence-corrected chi connectivity index (χ4v) is 2.40. The zero-order chi connectivity index (χ0) is 19.3. The van der Waals surface area contributed by atoms with Crippen LogP contribution in [0.5, 0.6) is 0 Å². The summed E-state index contributed by atoms with van der Waals surface area (Å²) in [5.41, 5.74) is 3.83. The van der Waals surface area contributed by atoms with Gasteiger partial charge in [0, 0.05) is 6.92 Å². The van der Waals surface area contributed by atoms with E-state index in [1.165, 1.54) is 12.5 Å². The predicted molar refractivity (Wildman–Crippen MR) is 105 cm³/mol. The molecule has 4 nitrogen and oxygen atoms in total. The Hall–Kier alpha value is -2.88. The lowest BCUT2D eigenvalue weighted by molar-refractivity contribution is -0.113. The molecule has 4 heteroatoms. The molecule has 1 amide bonds. The van der Waals surface area contributed by atoms with Gasteiger partial charge in [0.05, 0.1) is 5.70 Å². The van der Waals surface area contributed by atoms with Gasteiger partial charge in [-0.25, -0.2) is 4.79 Å². The van der Waals surface area contributed by atoms with E-state index in [-0.39, 0.29) is 11.5 Å². The van der Waals surface area contributed by atoms with E-state index in [1.54, 1.807) is 26.8 Å². The fraction of sp³-hybridized carbons (Fsp3) is 0.273. The van der Waals surface area contributed by atoms with Crippen LogP contribution in [0, 0.1) is 6.92 Å². The number of alkyl carbamates (subject to hydrolysis) is 1. The molecule has 0 heterocycles. The van der Waals surface area contributed by atoms with E-state index in [0.717, 1.165) is 16.7 Å². The smallest absolute Gasteiger partial charge is 0.412 e. The number of rotatable bonds is 4. The van der Waals surface area contributed by atoms with Crippen molar-refractivity contribution in [2.24, 2.45) is 0 Å². The van der Waals surface area contributed by atoms with E-state index in [0.29, 0.717) is 0 Å². The van der Waals surface area contributed by atoms with Gasteiger partial charge in [-0.3, -0.25) is 10.1 Å². The molecule has 1 N–H and O–H groups in total. The van der Waals surface area contributed by atoms with Crippen molar-refractivity contribution in [3.63, 3.8) is 0 Å². The average molecular weight is 351 g/mol. The van der Waals surface area contributed by atoms with Crippen molar-refractivity contribution in [2.45, 2.75) is 40.2 Å². The largest absolute Gasteiger partial charge is 0.444 e. The zero-order valence-corrected chi connectivity index (χ0v) is 15.9. The van der Waals surface area contributed by atoms with Crippen LogP contribution in [-0.2, 0) is 9.53 Å². The van der Waals surface area contributed by atoms with Crippen LogP contribution in [-0.4, -0.2) is 17.5 Å². The van der Waals surface area contributed by atoms with Crippen molar-refractivity contribution in [3.8, 4) is 11.1 Å². The van der Waals surface area contributed by atoms with Crippen LogP contribution in [0.1, 0.15) is 38.8 Å². The highest BCUT2D eigenvalue weighted by atomic mass is 16.6. The Morgan fingerprint density at radius 3 is 2.19 bits per heavy atom. The van der Waals surface area contributed by atoms with Crippen molar-refractivity contribution < 1.29 is 14.3 Å². The molecule has 0 aliphatic rings. The summed E-state index contributed by atoms with van der Waals surface area (Å²) < 4.78 is 5.20. The predicted octanol–water partition coefficient (Wildman–Crippen LogP) is 5.12. The topological polar surface area (TPSA) is 55.4 Å². The van der Waals surface area contributed by atoms with E-state index in [1.807, 2.05) is 30.3 Å². The lowest BCUT2D eigenvalue weighted by Crippen LogP contribution is -2.33. The van der Waals surface area contributed by atoms with Gasteiger partial charge in [0.2, 0.25) is 0 Å². The second-order valence-corrected chi connectivity index (χ2v) is 7.23. The number of ether oxygens (including phenoxy) is 1. The molecule has 136 valence electrons. The number of carbonyl (C=O) groups is 2. The second kappa shape index (κ2) is 8.00.